The Labute approximate surface area is 162 Å². The molecule has 0 radical (unpaired) electrons. The highest BCUT2D eigenvalue weighted by Gasteiger charge is 2.14. The maximum Gasteiger partial charge on any atom is 0.125 e. The van der Waals surface area contributed by atoms with Gasteiger partial charge in [0.05, 0.1) is 0 Å². The highest BCUT2D eigenvalue weighted by Crippen LogP contribution is 2.27. The van der Waals surface area contributed by atoms with Crippen LogP contribution in [0.15, 0.2) is 84.9 Å². The molecule has 0 fully saturated rings. The van der Waals surface area contributed by atoms with E-state index in [4.69, 9.17) is 4.74 Å². The molecule has 0 aliphatic heterocycles. The minimum Gasteiger partial charge on any atom is -0.485 e. The van der Waals surface area contributed by atoms with Crippen LogP contribution in [0, 0.1) is 0 Å². The first-order valence-corrected chi connectivity index (χ1v) is 9.55. The Bertz CT molecular complexity index is 790. The number of benzene rings is 3. The quantitative estimate of drug-likeness (QED) is 0.549. The molecule has 0 bridgehead atoms. The first-order valence-electron chi connectivity index (χ1n) is 9.55. The Morgan fingerprint density at radius 2 is 1.44 bits per heavy atom. The van der Waals surface area contributed by atoms with Gasteiger partial charge < -0.3 is 15.4 Å². The van der Waals surface area contributed by atoms with Gasteiger partial charge in [0.2, 0.25) is 0 Å². The second kappa shape index (κ2) is 10.5. The summed E-state index contributed by atoms with van der Waals surface area (Å²) in [4.78, 5) is 0. The van der Waals surface area contributed by atoms with Gasteiger partial charge in [0.1, 0.15) is 11.9 Å². The monoisotopic (exact) mass is 360 g/mol. The van der Waals surface area contributed by atoms with Gasteiger partial charge in [0, 0.05) is 25.1 Å². The predicted octanol–water partition coefficient (Wildman–Crippen LogP) is 4.71. The van der Waals surface area contributed by atoms with Crippen LogP contribution in [0.3, 0.4) is 0 Å². The smallest absolute Gasteiger partial charge is 0.125 e. The van der Waals surface area contributed by atoms with E-state index in [1.54, 1.807) is 0 Å². The summed E-state index contributed by atoms with van der Waals surface area (Å²) in [5.41, 5.74) is 3.67. The van der Waals surface area contributed by atoms with E-state index in [1.165, 1.54) is 16.7 Å². The summed E-state index contributed by atoms with van der Waals surface area (Å²) in [6.07, 6.45) is 0.959. The maximum absolute atomic E-state index is 6.46. The van der Waals surface area contributed by atoms with Gasteiger partial charge in [-0.05, 0) is 30.8 Å². The molecule has 3 heteroatoms. The summed E-state index contributed by atoms with van der Waals surface area (Å²) < 4.78 is 6.46. The Kier molecular flexibility index (Phi) is 7.45. The Hall–Kier alpha value is -2.62. The van der Waals surface area contributed by atoms with Gasteiger partial charge in [-0.2, -0.15) is 0 Å². The molecule has 0 aromatic heterocycles. The first kappa shape index (κ1) is 19.2. The summed E-state index contributed by atoms with van der Waals surface area (Å²) >= 11 is 0. The number of hydrogen-bond donors (Lipinski definition) is 2. The number of ether oxygens (including phenoxy) is 1. The molecule has 0 spiro atoms. The third-order valence-corrected chi connectivity index (χ3v) is 4.56. The van der Waals surface area contributed by atoms with E-state index in [1.807, 2.05) is 25.2 Å². The van der Waals surface area contributed by atoms with Crippen molar-refractivity contribution in [3.63, 3.8) is 0 Å². The number of para-hydroxylation sites is 1. The van der Waals surface area contributed by atoms with Crippen molar-refractivity contribution in [3.8, 4) is 5.75 Å². The van der Waals surface area contributed by atoms with Crippen LogP contribution in [-0.4, -0.2) is 13.6 Å². The standard InChI is InChI=1S/C24H28N2O/c1-25-17-16-24(21-12-6-3-7-13-21)27-23-15-9-8-14-22(23)19-26-18-20-10-4-2-5-11-20/h2-15,24-26H,16-19H2,1H3. The summed E-state index contributed by atoms with van der Waals surface area (Å²) in [5, 5.41) is 6.75. The molecule has 3 rings (SSSR count). The third kappa shape index (κ3) is 5.95. The number of rotatable bonds is 10. The lowest BCUT2D eigenvalue weighted by molar-refractivity contribution is 0.192. The van der Waals surface area contributed by atoms with Crippen molar-refractivity contribution in [2.45, 2.75) is 25.6 Å². The summed E-state index contributed by atoms with van der Waals surface area (Å²) in [5.74, 6) is 0.947. The van der Waals surface area contributed by atoms with Crippen LogP contribution in [-0.2, 0) is 13.1 Å². The molecule has 140 valence electrons. The lowest BCUT2D eigenvalue weighted by Gasteiger charge is -2.22. The van der Waals surface area contributed by atoms with Crippen molar-refractivity contribution in [2.24, 2.45) is 0 Å². The van der Waals surface area contributed by atoms with E-state index in [-0.39, 0.29) is 6.10 Å². The molecule has 0 amide bonds. The molecule has 0 aliphatic rings. The Balaban J connectivity index is 1.67. The van der Waals surface area contributed by atoms with Crippen LogP contribution in [0.1, 0.15) is 29.2 Å². The van der Waals surface area contributed by atoms with Gasteiger partial charge in [-0.3, -0.25) is 0 Å². The normalized spacial score (nSPS) is 11.9. The van der Waals surface area contributed by atoms with Crippen molar-refractivity contribution in [1.82, 2.24) is 10.6 Å². The molecular weight excluding hydrogens is 332 g/mol. The average molecular weight is 361 g/mol. The lowest BCUT2D eigenvalue weighted by Crippen LogP contribution is -2.18. The van der Waals surface area contributed by atoms with Crippen LogP contribution >= 0.6 is 0 Å². The molecule has 3 nitrogen and oxygen atoms in total. The van der Waals surface area contributed by atoms with Gasteiger partial charge in [-0.25, -0.2) is 0 Å². The third-order valence-electron chi connectivity index (χ3n) is 4.56. The summed E-state index contributed by atoms with van der Waals surface area (Å²) in [7, 11) is 1.98. The molecule has 2 N–H and O–H groups in total. The van der Waals surface area contributed by atoms with Crippen LogP contribution in [0.5, 0.6) is 5.75 Å². The fraction of sp³-hybridized carbons (Fsp3) is 0.250. The maximum atomic E-state index is 6.46. The van der Waals surface area contributed by atoms with Crippen LogP contribution in [0.4, 0.5) is 0 Å². The fourth-order valence-corrected chi connectivity index (χ4v) is 3.09. The van der Waals surface area contributed by atoms with Crippen molar-refractivity contribution in [2.75, 3.05) is 13.6 Å². The van der Waals surface area contributed by atoms with Crippen LogP contribution in [0.2, 0.25) is 0 Å². The molecule has 27 heavy (non-hydrogen) atoms. The van der Waals surface area contributed by atoms with E-state index in [0.717, 1.165) is 31.8 Å². The van der Waals surface area contributed by atoms with E-state index in [2.05, 4.69) is 77.4 Å². The minimum absolute atomic E-state index is 0.0360. The van der Waals surface area contributed by atoms with E-state index >= 15 is 0 Å². The lowest BCUT2D eigenvalue weighted by atomic mass is 10.1. The zero-order valence-corrected chi connectivity index (χ0v) is 15.9. The zero-order valence-electron chi connectivity index (χ0n) is 15.9. The number of nitrogens with one attached hydrogen (secondary N) is 2. The van der Waals surface area contributed by atoms with Crippen molar-refractivity contribution in [3.05, 3.63) is 102 Å². The van der Waals surface area contributed by atoms with Gasteiger partial charge in [0.25, 0.3) is 0 Å². The molecular formula is C24H28N2O. The molecule has 1 atom stereocenters. The molecule has 0 heterocycles. The van der Waals surface area contributed by atoms with Crippen molar-refractivity contribution < 1.29 is 4.74 Å². The van der Waals surface area contributed by atoms with E-state index in [9.17, 15) is 0 Å². The van der Waals surface area contributed by atoms with Gasteiger partial charge in [-0.15, -0.1) is 0 Å². The molecule has 1 unspecified atom stereocenters. The van der Waals surface area contributed by atoms with E-state index < -0.39 is 0 Å². The minimum atomic E-state index is 0.0360. The van der Waals surface area contributed by atoms with Crippen molar-refractivity contribution in [1.29, 1.82) is 0 Å². The molecule has 0 saturated carbocycles. The SMILES string of the molecule is CNCCC(Oc1ccccc1CNCc1ccccc1)c1ccccc1. The molecule has 3 aromatic carbocycles. The topological polar surface area (TPSA) is 33.3 Å². The van der Waals surface area contributed by atoms with E-state index in [0.29, 0.717) is 0 Å². The molecule has 3 aromatic rings. The second-order valence-corrected chi connectivity index (χ2v) is 6.61. The second-order valence-electron chi connectivity index (χ2n) is 6.61. The summed E-state index contributed by atoms with van der Waals surface area (Å²) in [6, 6.07) is 29.2. The molecule has 0 aliphatic carbocycles. The Morgan fingerprint density at radius 1 is 0.778 bits per heavy atom. The van der Waals surface area contributed by atoms with Gasteiger partial charge in [-0.1, -0.05) is 78.9 Å². The van der Waals surface area contributed by atoms with Crippen LogP contribution < -0.4 is 15.4 Å². The highest BCUT2D eigenvalue weighted by molar-refractivity contribution is 5.34. The summed E-state index contributed by atoms with van der Waals surface area (Å²) in [6.45, 7) is 2.53. The zero-order chi connectivity index (χ0) is 18.7. The van der Waals surface area contributed by atoms with Gasteiger partial charge in [0.15, 0.2) is 0 Å². The van der Waals surface area contributed by atoms with Crippen molar-refractivity contribution >= 4 is 0 Å². The fourth-order valence-electron chi connectivity index (χ4n) is 3.09. The van der Waals surface area contributed by atoms with Crippen LogP contribution in [0.25, 0.3) is 0 Å². The van der Waals surface area contributed by atoms with Gasteiger partial charge >= 0.3 is 0 Å². The number of hydrogen-bond acceptors (Lipinski definition) is 3. The predicted molar refractivity (Wildman–Crippen MR) is 112 cm³/mol. The Morgan fingerprint density at radius 3 is 2.19 bits per heavy atom. The first-order chi connectivity index (χ1) is 13.4. The average Bonchev–Trinajstić information content (AvgIpc) is 2.73. The molecule has 0 saturated heterocycles. The largest absolute Gasteiger partial charge is 0.485 e. The highest BCUT2D eigenvalue weighted by atomic mass is 16.5.